The molecule has 0 amide bonds. The fraction of sp³-hybridized carbons (Fsp3) is 0.857. The van der Waals surface area contributed by atoms with E-state index in [4.69, 9.17) is 18.1 Å². The Labute approximate surface area is 184 Å². The van der Waals surface area contributed by atoms with Gasteiger partial charge in [0.1, 0.15) is 8.75 Å². The average Bonchev–Trinajstić information content (AvgIpc) is 2.97. The summed E-state index contributed by atoms with van der Waals surface area (Å²) in [4.78, 5) is 0. The quantitative estimate of drug-likeness (QED) is 0.309. The fourth-order valence-corrected chi connectivity index (χ4v) is 8.92. The van der Waals surface area contributed by atoms with E-state index in [-0.39, 0.29) is 0 Å². The van der Waals surface area contributed by atoms with Gasteiger partial charge in [-0.3, -0.25) is 18.1 Å². The van der Waals surface area contributed by atoms with E-state index in [0.29, 0.717) is 31.7 Å². The lowest BCUT2D eigenvalue weighted by atomic mass is 10.6. The summed E-state index contributed by atoms with van der Waals surface area (Å²) in [5.41, 5.74) is 0. The highest BCUT2D eigenvalue weighted by Crippen LogP contribution is 2.53. The molecule has 0 N–H and O–H groups in total. The predicted molar refractivity (Wildman–Crippen MR) is 126 cm³/mol. The highest BCUT2D eigenvalue weighted by atomic mass is 32.3. The van der Waals surface area contributed by atoms with Crippen LogP contribution in [0.15, 0.2) is 9.53 Å². The van der Waals surface area contributed by atoms with E-state index < -0.39 is 15.5 Å². The van der Waals surface area contributed by atoms with Crippen LogP contribution in [0.2, 0.25) is 0 Å². The molecule has 0 radical (unpaired) electrons. The fourth-order valence-electron chi connectivity index (χ4n) is 1.69. The van der Waals surface area contributed by atoms with Gasteiger partial charge in [-0.15, -0.1) is 0 Å². The summed E-state index contributed by atoms with van der Waals surface area (Å²) in [6.07, 6.45) is 0. The summed E-state index contributed by atoms with van der Waals surface area (Å²) in [5.74, 6) is 1.00. The lowest BCUT2D eigenvalue weighted by Crippen LogP contribution is -2.01. The molecule has 2 heterocycles. The van der Waals surface area contributed by atoms with E-state index >= 15 is 0 Å². The topological polar surface area (TPSA) is 95.8 Å². The number of thioether (sulfide) groups is 4. The van der Waals surface area contributed by atoms with Gasteiger partial charge < -0.3 is 0 Å². The molecule has 2 aliphatic rings. The maximum atomic E-state index is 12.0. The molecular formula is C14H28N2O6P2S4. The zero-order valence-corrected chi connectivity index (χ0v) is 21.7. The van der Waals surface area contributed by atoms with Crippen LogP contribution < -0.4 is 0 Å². The largest absolute Gasteiger partial charge is 0.455 e. The van der Waals surface area contributed by atoms with E-state index in [9.17, 15) is 9.13 Å². The molecular weight excluding hydrogens is 482 g/mol. The van der Waals surface area contributed by atoms with Crippen molar-refractivity contribution in [3.05, 3.63) is 0 Å². The first-order valence-electron chi connectivity index (χ1n) is 8.83. The second-order valence-electron chi connectivity index (χ2n) is 4.99. The third kappa shape index (κ3) is 10.4. The van der Waals surface area contributed by atoms with Crippen molar-refractivity contribution in [1.29, 1.82) is 0 Å². The molecule has 2 aliphatic heterocycles. The van der Waals surface area contributed by atoms with Gasteiger partial charge in [0.2, 0.25) is 0 Å². The Hall–Kier alpha value is 1.04. The van der Waals surface area contributed by atoms with Crippen LogP contribution in [0.25, 0.3) is 0 Å². The Bertz CT molecular complexity index is 611. The molecule has 1 unspecified atom stereocenters. The van der Waals surface area contributed by atoms with Crippen molar-refractivity contribution in [3.8, 4) is 0 Å². The molecule has 2 fully saturated rings. The molecule has 0 aromatic rings. The summed E-state index contributed by atoms with van der Waals surface area (Å²) >= 11 is 6.36. The third-order valence-corrected chi connectivity index (χ3v) is 11.5. The van der Waals surface area contributed by atoms with Crippen LogP contribution in [0.4, 0.5) is 0 Å². The van der Waals surface area contributed by atoms with Gasteiger partial charge in [-0.25, -0.2) is 9.13 Å². The lowest BCUT2D eigenvalue weighted by molar-refractivity contribution is 0.220. The average molecular weight is 511 g/mol. The van der Waals surface area contributed by atoms with Gasteiger partial charge in [0.15, 0.2) is 0 Å². The first-order chi connectivity index (χ1) is 13.3. The molecule has 0 saturated carbocycles. The molecule has 0 aromatic heterocycles. The van der Waals surface area contributed by atoms with Gasteiger partial charge in [-0.05, 0) is 27.7 Å². The maximum absolute atomic E-state index is 12.0. The first-order valence-corrected chi connectivity index (χ1v) is 15.7. The van der Waals surface area contributed by atoms with E-state index in [1.807, 2.05) is 0 Å². The number of hydrogen-bond donors (Lipinski definition) is 0. The van der Waals surface area contributed by atoms with Crippen molar-refractivity contribution in [2.75, 3.05) is 37.3 Å². The first kappa shape index (κ1) is 27.1. The Kier molecular flexibility index (Phi) is 13.7. The maximum Gasteiger partial charge on any atom is 0.455 e. The van der Waals surface area contributed by atoms with Crippen LogP contribution >= 0.6 is 62.5 Å². The summed E-state index contributed by atoms with van der Waals surface area (Å²) in [7, 11) is -6.44. The monoisotopic (exact) mass is 510 g/mol. The van der Waals surface area contributed by atoms with Crippen molar-refractivity contribution in [2.45, 2.75) is 39.9 Å². The number of rotatable bonds is 10. The molecule has 14 heteroatoms. The SMILES string of the molecule is CCOP(=O)(N=C1SCC(C)S1)OCC.CCOP(=O)(N=C1SCS1)OCC. The molecule has 2 saturated heterocycles. The van der Waals surface area contributed by atoms with Crippen LogP contribution in [-0.2, 0) is 27.2 Å². The smallest absolute Gasteiger partial charge is 0.291 e. The molecule has 0 spiro atoms. The molecule has 164 valence electrons. The summed E-state index contributed by atoms with van der Waals surface area (Å²) < 4.78 is 53.6. The van der Waals surface area contributed by atoms with Gasteiger partial charge >= 0.3 is 15.5 Å². The van der Waals surface area contributed by atoms with Gasteiger partial charge in [-0.2, -0.15) is 9.53 Å². The molecule has 0 aliphatic carbocycles. The van der Waals surface area contributed by atoms with Gasteiger partial charge in [-0.1, -0.05) is 54.0 Å². The molecule has 0 aromatic carbocycles. The lowest BCUT2D eigenvalue weighted by Gasteiger charge is -2.17. The van der Waals surface area contributed by atoms with Crippen LogP contribution in [0.5, 0.6) is 0 Å². The summed E-state index contributed by atoms with van der Waals surface area (Å²) in [5, 5.41) is 1.49. The molecule has 1 atom stereocenters. The number of hydrogen-bond acceptors (Lipinski definition) is 10. The van der Waals surface area contributed by atoms with Crippen LogP contribution in [0.1, 0.15) is 34.6 Å². The highest BCUT2D eigenvalue weighted by Gasteiger charge is 2.28. The van der Waals surface area contributed by atoms with Crippen LogP contribution in [0, 0.1) is 0 Å². The number of nitrogens with zero attached hydrogens (tertiary/aromatic N) is 2. The van der Waals surface area contributed by atoms with Gasteiger partial charge in [0, 0.05) is 11.0 Å². The third-order valence-electron chi connectivity index (χ3n) is 2.69. The van der Waals surface area contributed by atoms with Crippen LogP contribution in [-0.4, -0.2) is 51.3 Å². The second-order valence-corrected chi connectivity index (χ2v) is 13.5. The van der Waals surface area contributed by atoms with Crippen LogP contribution in [0.3, 0.4) is 0 Å². The zero-order chi connectivity index (χ0) is 21.0. The minimum absolute atomic E-state index is 0.346. The standard InChI is InChI=1S/C8H16NO3PS2.C6H12NO3PS2/c1-4-11-13(10,12-5-2)9-8-14-6-7(3)15-8;1-3-9-11(8,10-4-2)7-6-12-5-13-6/h7H,4-6H2,1-3H3;3-5H2,1-2H3. The van der Waals surface area contributed by atoms with Crippen molar-refractivity contribution in [3.63, 3.8) is 0 Å². The van der Waals surface area contributed by atoms with E-state index in [0.717, 1.165) is 19.6 Å². The van der Waals surface area contributed by atoms with Crippen molar-refractivity contribution >= 4 is 71.3 Å². The second kappa shape index (κ2) is 14.2. The highest BCUT2D eigenvalue weighted by molar-refractivity contribution is 8.52. The molecule has 0 bridgehead atoms. The van der Waals surface area contributed by atoms with Crippen molar-refractivity contribution < 1.29 is 27.2 Å². The minimum atomic E-state index is -3.25. The Morgan fingerprint density at radius 2 is 1.25 bits per heavy atom. The molecule has 2 rings (SSSR count). The summed E-state index contributed by atoms with van der Waals surface area (Å²) in [6.45, 7) is 10.6. The van der Waals surface area contributed by atoms with Crippen molar-refractivity contribution in [2.24, 2.45) is 9.53 Å². The Morgan fingerprint density at radius 3 is 1.54 bits per heavy atom. The minimum Gasteiger partial charge on any atom is -0.291 e. The summed E-state index contributed by atoms with van der Waals surface area (Å²) in [6, 6.07) is 0. The molecule has 8 nitrogen and oxygen atoms in total. The Balaban J connectivity index is 0.000000283. The zero-order valence-electron chi connectivity index (χ0n) is 16.7. The van der Waals surface area contributed by atoms with E-state index in [1.54, 1.807) is 74.7 Å². The van der Waals surface area contributed by atoms with Crippen molar-refractivity contribution in [1.82, 2.24) is 0 Å². The normalized spacial score (nSPS) is 21.2. The van der Waals surface area contributed by atoms with E-state index in [1.165, 1.54) is 0 Å². The Morgan fingerprint density at radius 1 is 0.821 bits per heavy atom. The van der Waals surface area contributed by atoms with Gasteiger partial charge in [0.05, 0.1) is 31.5 Å². The van der Waals surface area contributed by atoms with Gasteiger partial charge in [0.25, 0.3) is 0 Å². The van der Waals surface area contributed by atoms with E-state index in [2.05, 4.69) is 16.4 Å². The predicted octanol–water partition coefficient (Wildman–Crippen LogP) is 6.35. The molecule has 28 heavy (non-hydrogen) atoms.